The fourth-order valence-electron chi connectivity index (χ4n) is 2.35. The molecular weight excluding hydrogens is 321 g/mol. The number of benzene rings is 2. The number of aryl methyl sites for hydroxylation is 2. The summed E-state index contributed by atoms with van der Waals surface area (Å²) in [6.07, 6.45) is 2.30. The van der Waals surface area contributed by atoms with E-state index in [9.17, 15) is 9.18 Å². The van der Waals surface area contributed by atoms with Gasteiger partial charge in [-0.3, -0.25) is 4.79 Å². The molecule has 4 heteroatoms. The van der Waals surface area contributed by atoms with Gasteiger partial charge in [-0.25, -0.2) is 4.39 Å². The van der Waals surface area contributed by atoms with E-state index in [1.165, 1.54) is 17.2 Å². The average molecular weight is 345 g/mol. The summed E-state index contributed by atoms with van der Waals surface area (Å²) in [7, 11) is 0. The van der Waals surface area contributed by atoms with E-state index in [-0.39, 0.29) is 11.7 Å². The van der Waals surface area contributed by atoms with Gasteiger partial charge in [0, 0.05) is 24.5 Å². The Morgan fingerprint density at radius 3 is 2.50 bits per heavy atom. The number of hydrogen-bond donors (Lipinski definition) is 1. The summed E-state index contributed by atoms with van der Waals surface area (Å²) in [5.74, 6) is 1.32. The number of nitrogens with one attached hydrogen (secondary N) is 1. The maximum Gasteiger partial charge on any atom is 0.220 e. The first-order chi connectivity index (χ1) is 11.7. The first-order valence-corrected chi connectivity index (χ1v) is 9.50. The molecule has 128 valence electrons. The Labute approximate surface area is 147 Å². The summed E-state index contributed by atoms with van der Waals surface area (Å²) in [6.45, 7) is 2.75. The fraction of sp³-hybridized carbons (Fsp3) is 0.350. The number of hydrogen-bond acceptors (Lipinski definition) is 2. The maximum atomic E-state index is 13.5. The minimum atomic E-state index is -0.164. The average Bonchev–Trinajstić information content (AvgIpc) is 2.61. The van der Waals surface area contributed by atoms with Gasteiger partial charge in [0.15, 0.2) is 0 Å². The molecule has 24 heavy (non-hydrogen) atoms. The highest BCUT2D eigenvalue weighted by Gasteiger charge is 2.03. The van der Waals surface area contributed by atoms with Crippen molar-refractivity contribution < 1.29 is 9.18 Å². The van der Waals surface area contributed by atoms with Crippen LogP contribution >= 0.6 is 11.8 Å². The first-order valence-electron chi connectivity index (χ1n) is 8.34. The van der Waals surface area contributed by atoms with E-state index in [1.807, 2.05) is 6.07 Å². The van der Waals surface area contributed by atoms with Crippen molar-refractivity contribution in [2.75, 3.05) is 12.3 Å². The van der Waals surface area contributed by atoms with Crippen molar-refractivity contribution in [3.63, 3.8) is 0 Å². The van der Waals surface area contributed by atoms with Crippen LogP contribution in [-0.4, -0.2) is 18.2 Å². The van der Waals surface area contributed by atoms with Gasteiger partial charge in [0.1, 0.15) is 5.82 Å². The molecule has 0 aliphatic carbocycles. The summed E-state index contributed by atoms with van der Waals surface area (Å²) < 4.78 is 13.5. The van der Waals surface area contributed by atoms with Crippen molar-refractivity contribution in [2.24, 2.45) is 0 Å². The zero-order valence-electron chi connectivity index (χ0n) is 14.1. The standard InChI is InChI=1S/C20H24FNOS/c1-2-16-7-9-17(10-8-16)11-12-20(23)22-13-14-24-15-18-5-3-4-6-19(18)21/h3-10H,2,11-15H2,1H3,(H,22,23). The lowest BCUT2D eigenvalue weighted by Gasteiger charge is -2.06. The van der Waals surface area contributed by atoms with Crippen LogP contribution in [0.1, 0.15) is 30.0 Å². The molecule has 0 aromatic heterocycles. The predicted molar refractivity (Wildman–Crippen MR) is 99.7 cm³/mol. The highest BCUT2D eigenvalue weighted by atomic mass is 32.2. The topological polar surface area (TPSA) is 29.1 Å². The monoisotopic (exact) mass is 345 g/mol. The third-order valence-corrected chi connectivity index (χ3v) is 4.86. The van der Waals surface area contributed by atoms with Crippen LogP contribution in [-0.2, 0) is 23.4 Å². The van der Waals surface area contributed by atoms with Crippen LogP contribution in [0.15, 0.2) is 48.5 Å². The van der Waals surface area contributed by atoms with Crippen molar-refractivity contribution in [1.82, 2.24) is 5.32 Å². The molecule has 0 fully saturated rings. The molecule has 0 aliphatic heterocycles. The molecular formula is C20H24FNOS. The number of halogens is 1. The molecule has 2 rings (SSSR count). The van der Waals surface area contributed by atoms with E-state index in [2.05, 4.69) is 36.5 Å². The molecule has 1 amide bonds. The van der Waals surface area contributed by atoms with Gasteiger partial charge in [-0.05, 0) is 35.6 Å². The third-order valence-electron chi connectivity index (χ3n) is 3.86. The SMILES string of the molecule is CCc1ccc(CCC(=O)NCCSCc2ccccc2F)cc1. The highest BCUT2D eigenvalue weighted by molar-refractivity contribution is 7.98. The van der Waals surface area contributed by atoms with Gasteiger partial charge >= 0.3 is 0 Å². The molecule has 2 aromatic rings. The van der Waals surface area contributed by atoms with E-state index < -0.39 is 0 Å². The predicted octanol–water partition coefficient (Wildman–Crippen LogP) is 4.37. The van der Waals surface area contributed by atoms with Gasteiger partial charge in [-0.15, -0.1) is 0 Å². The van der Waals surface area contributed by atoms with Gasteiger partial charge in [-0.1, -0.05) is 49.4 Å². The van der Waals surface area contributed by atoms with E-state index in [0.717, 1.165) is 18.6 Å². The number of thioether (sulfide) groups is 1. The van der Waals surface area contributed by atoms with Gasteiger partial charge in [0.2, 0.25) is 5.91 Å². The maximum absolute atomic E-state index is 13.5. The van der Waals surface area contributed by atoms with Crippen LogP contribution in [0.25, 0.3) is 0 Å². The van der Waals surface area contributed by atoms with Crippen molar-refractivity contribution in [2.45, 2.75) is 31.9 Å². The van der Waals surface area contributed by atoms with E-state index in [1.54, 1.807) is 23.9 Å². The normalized spacial score (nSPS) is 10.6. The van der Waals surface area contributed by atoms with E-state index in [0.29, 0.717) is 24.3 Å². The Hall–Kier alpha value is -1.81. The lowest BCUT2D eigenvalue weighted by Crippen LogP contribution is -2.25. The smallest absolute Gasteiger partial charge is 0.220 e. The molecule has 0 saturated heterocycles. The summed E-state index contributed by atoms with van der Waals surface area (Å²) in [4.78, 5) is 11.8. The zero-order chi connectivity index (χ0) is 17.2. The molecule has 1 N–H and O–H groups in total. The van der Waals surface area contributed by atoms with Crippen molar-refractivity contribution in [3.05, 3.63) is 71.0 Å². The second kappa shape index (κ2) is 10.1. The van der Waals surface area contributed by atoms with Crippen LogP contribution < -0.4 is 5.32 Å². The first kappa shape index (κ1) is 18.5. The lowest BCUT2D eigenvalue weighted by atomic mass is 10.1. The Bertz CT molecular complexity index is 642. The summed E-state index contributed by atoms with van der Waals surface area (Å²) in [5.41, 5.74) is 3.22. The van der Waals surface area contributed by atoms with E-state index in [4.69, 9.17) is 0 Å². The molecule has 0 radical (unpaired) electrons. The molecule has 0 bridgehead atoms. The molecule has 0 heterocycles. The Balaban J connectivity index is 1.58. The fourth-order valence-corrected chi connectivity index (χ4v) is 3.19. The summed E-state index contributed by atoms with van der Waals surface area (Å²) in [5, 5.41) is 2.92. The second-order valence-electron chi connectivity index (χ2n) is 5.66. The van der Waals surface area contributed by atoms with E-state index >= 15 is 0 Å². The largest absolute Gasteiger partial charge is 0.355 e. The molecule has 0 saturated carbocycles. The molecule has 0 aliphatic rings. The number of carbonyl (C=O) groups excluding carboxylic acids is 1. The van der Waals surface area contributed by atoms with Crippen LogP contribution in [0.2, 0.25) is 0 Å². The van der Waals surface area contributed by atoms with Crippen molar-refractivity contribution in [3.8, 4) is 0 Å². The van der Waals surface area contributed by atoms with Gasteiger partial charge in [0.25, 0.3) is 0 Å². The molecule has 2 nitrogen and oxygen atoms in total. The van der Waals surface area contributed by atoms with Crippen LogP contribution in [0.3, 0.4) is 0 Å². The summed E-state index contributed by atoms with van der Waals surface area (Å²) in [6, 6.07) is 15.2. The Kier molecular flexibility index (Phi) is 7.83. The van der Waals surface area contributed by atoms with Crippen molar-refractivity contribution in [1.29, 1.82) is 0 Å². The quantitative estimate of drug-likeness (QED) is 0.684. The molecule has 2 aromatic carbocycles. The zero-order valence-corrected chi connectivity index (χ0v) is 14.9. The third kappa shape index (κ3) is 6.36. The molecule has 0 spiro atoms. The second-order valence-corrected chi connectivity index (χ2v) is 6.77. The molecule has 0 atom stereocenters. The van der Waals surface area contributed by atoms with Crippen LogP contribution in [0.5, 0.6) is 0 Å². The Morgan fingerprint density at radius 1 is 1.08 bits per heavy atom. The number of amides is 1. The summed E-state index contributed by atoms with van der Waals surface area (Å²) >= 11 is 1.63. The van der Waals surface area contributed by atoms with Gasteiger partial charge in [0.05, 0.1) is 0 Å². The minimum Gasteiger partial charge on any atom is -0.355 e. The highest BCUT2D eigenvalue weighted by Crippen LogP contribution is 2.14. The van der Waals surface area contributed by atoms with Crippen molar-refractivity contribution >= 4 is 17.7 Å². The van der Waals surface area contributed by atoms with Gasteiger partial charge in [-0.2, -0.15) is 11.8 Å². The Morgan fingerprint density at radius 2 is 1.79 bits per heavy atom. The number of carbonyl (C=O) groups is 1. The van der Waals surface area contributed by atoms with Crippen LogP contribution in [0, 0.1) is 5.82 Å². The lowest BCUT2D eigenvalue weighted by molar-refractivity contribution is -0.120. The van der Waals surface area contributed by atoms with Gasteiger partial charge < -0.3 is 5.32 Å². The minimum absolute atomic E-state index is 0.0704. The molecule has 0 unspecified atom stereocenters. The van der Waals surface area contributed by atoms with Crippen LogP contribution in [0.4, 0.5) is 4.39 Å². The number of rotatable bonds is 9.